The van der Waals surface area contributed by atoms with E-state index in [2.05, 4.69) is 21.3 Å². The first kappa shape index (κ1) is 21.1. The van der Waals surface area contributed by atoms with Crippen LogP contribution in [0.25, 0.3) is 0 Å². The summed E-state index contributed by atoms with van der Waals surface area (Å²) in [5.74, 6) is 0.676. The number of hydrogen-bond acceptors (Lipinski definition) is 6. The Bertz CT molecular complexity index is 875. The van der Waals surface area contributed by atoms with Crippen molar-refractivity contribution in [2.45, 2.75) is 6.92 Å². The van der Waals surface area contributed by atoms with Crippen molar-refractivity contribution in [2.75, 3.05) is 64.1 Å². The van der Waals surface area contributed by atoms with E-state index in [0.717, 1.165) is 37.6 Å². The van der Waals surface area contributed by atoms with E-state index in [9.17, 15) is 9.59 Å². The van der Waals surface area contributed by atoms with Crippen LogP contribution in [0.15, 0.2) is 24.3 Å². The average molecular weight is 419 g/mol. The van der Waals surface area contributed by atoms with E-state index in [-0.39, 0.29) is 11.8 Å². The van der Waals surface area contributed by atoms with Crippen LogP contribution in [0.4, 0.5) is 10.8 Å². The van der Waals surface area contributed by atoms with Crippen molar-refractivity contribution in [1.29, 1.82) is 0 Å². The normalized spacial score (nSPS) is 14.6. The summed E-state index contributed by atoms with van der Waals surface area (Å²) in [6.45, 7) is 5.70. The summed E-state index contributed by atoms with van der Waals surface area (Å²) in [7, 11) is 5.08. The Balaban J connectivity index is 1.51. The molecule has 1 aromatic heterocycles. The quantitative estimate of drug-likeness (QED) is 0.715. The van der Waals surface area contributed by atoms with Crippen molar-refractivity contribution in [2.24, 2.45) is 0 Å². The van der Waals surface area contributed by atoms with Crippen LogP contribution in [-0.2, 0) is 4.79 Å². The van der Waals surface area contributed by atoms with Crippen molar-refractivity contribution in [1.82, 2.24) is 9.88 Å². The van der Waals surface area contributed by atoms with Gasteiger partial charge in [0.2, 0.25) is 0 Å². The highest BCUT2D eigenvalue weighted by atomic mass is 32.1. The Kier molecular flexibility index (Phi) is 6.71. The second kappa shape index (κ2) is 9.23. The zero-order valence-corrected chi connectivity index (χ0v) is 18.1. The van der Waals surface area contributed by atoms with E-state index in [1.807, 2.05) is 18.2 Å². The molecule has 1 aliphatic heterocycles. The highest BCUT2D eigenvalue weighted by Crippen LogP contribution is 2.23. The van der Waals surface area contributed by atoms with Gasteiger partial charge in [0.1, 0.15) is 10.6 Å². The van der Waals surface area contributed by atoms with E-state index >= 15 is 0 Å². The highest BCUT2D eigenvalue weighted by molar-refractivity contribution is 7.17. The smallest absolute Gasteiger partial charge is 0.281 e. The van der Waals surface area contributed by atoms with Crippen molar-refractivity contribution in [3.05, 3.63) is 34.8 Å². The number of rotatable bonds is 6. The van der Waals surface area contributed by atoms with Crippen molar-refractivity contribution < 1.29 is 19.2 Å². The van der Waals surface area contributed by atoms with Crippen LogP contribution in [0.5, 0.6) is 5.75 Å². The van der Waals surface area contributed by atoms with Crippen LogP contribution in [0.3, 0.4) is 0 Å². The van der Waals surface area contributed by atoms with Crippen molar-refractivity contribution in [3.8, 4) is 5.75 Å². The standard InChI is InChI=1S/C20H27N5O3S/c1-14-18(19(27)23(2)3)29-20(21-14)22-17(26)13-24-8-10-25(11-9-24)15-6-5-7-16(12-15)28-4/h5-7,12H,8-11,13H2,1-4H3,(H,21,22,26)/p+1. The number of carbonyl (C=O) groups excluding carboxylic acids is 2. The fourth-order valence-electron chi connectivity index (χ4n) is 3.31. The summed E-state index contributed by atoms with van der Waals surface area (Å²) in [5, 5.41) is 3.33. The minimum Gasteiger partial charge on any atom is -0.497 e. The number of piperazine rings is 1. The van der Waals surface area contributed by atoms with Gasteiger partial charge in [0.25, 0.3) is 11.8 Å². The Morgan fingerprint density at radius 3 is 2.69 bits per heavy atom. The summed E-state index contributed by atoms with van der Waals surface area (Å²) >= 11 is 1.22. The largest absolute Gasteiger partial charge is 0.497 e. The van der Waals surface area contributed by atoms with Gasteiger partial charge in [0.05, 0.1) is 39.0 Å². The molecular formula is C20H28N5O3S+. The topological polar surface area (TPSA) is 79.2 Å². The number of amides is 2. The number of carbonyl (C=O) groups is 2. The summed E-state index contributed by atoms with van der Waals surface area (Å²) in [5.41, 5.74) is 1.78. The molecule has 29 heavy (non-hydrogen) atoms. The fraction of sp³-hybridized carbons (Fsp3) is 0.450. The lowest BCUT2D eigenvalue weighted by Crippen LogP contribution is -3.15. The number of quaternary nitrogens is 1. The van der Waals surface area contributed by atoms with Crippen LogP contribution in [0.1, 0.15) is 15.4 Å². The molecule has 0 aliphatic carbocycles. The molecule has 0 unspecified atom stereocenters. The third-order valence-electron chi connectivity index (χ3n) is 4.94. The summed E-state index contributed by atoms with van der Waals surface area (Å²) in [6, 6.07) is 8.05. The third kappa shape index (κ3) is 5.24. The molecule has 2 heterocycles. The second-order valence-corrected chi connectivity index (χ2v) is 8.30. The van der Waals surface area contributed by atoms with Crippen LogP contribution >= 0.6 is 11.3 Å². The van der Waals surface area contributed by atoms with Gasteiger partial charge in [-0.3, -0.25) is 14.9 Å². The molecule has 0 atom stereocenters. The molecule has 0 bridgehead atoms. The molecule has 3 rings (SSSR count). The number of aromatic nitrogens is 1. The number of nitrogens with zero attached hydrogens (tertiary/aromatic N) is 3. The summed E-state index contributed by atoms with van der Waals surface area (Å²) in [4.78, 5) is 34.5. The Morgan fingerprint density at radius 1 is 1.31 bits per heavy atom. The maximum atomic E-state index is 12.4. The minimum absolute atomic E-state index is 0.0765. The van der Waals surface area contributed by atoms with E-state index in [0.29, 0.717) is 22.2 Å². The van der Waals surface area contributed by atoms with Crippen LogP contribution in [-0.4, -0.2) is 75.6 Å². The van der Waals surface area contributed by atoms with Gasteiger partial charge in [0.15, 0.2) is 11.7 Å². The molecule has 0 spiro atoms. The van der Waals surface area contributed by atoms with Gasteiger partial charge in [-0.25, -0.2) is 4.98 Å². The third-order valence-corrected chi connectivity index (χ3v) is 6.00. The monoisotopic (exact) mass is 418 g/mol. The van der Waals surface area contributed by atoms with Gasteiger partial charge >= 0.3 is 0 Å². The molecular weight excluding hydrogens is 390 g/mol. The first-order chi connectivity index (χ1) is 13.9. The maximum Gasteiger partial charge on any atom is 0.281 e. The number of anilines is 2. The second-order valence-electron chi connectivity index (χ2n) is 7.30. The number of hydrogen-bond donors (Lipinski definition) is 2. The predicted molar refractivity (Wildman–Crippen MR) is 114 cm³/mol. The Labute approximate surface area is 175 Å². The number of ether oxygens (including phenoxy) is 1. The van der Waals surface area contributed by atoms with Crippen LogP contribution in [0, 0.1) is 6.92 Å². The van der Waals surface area contributed by atoms with Gasteiger partial charge in [-0.05, 0) is 19.1 Å². The molecule has 156 valence electrons. The van der Waals surface area contributed by atoms with Gasteiger partial charge in [-0.15, -0.1) is 0 Å². The minimum atomic E-state index is -0.0974. The van der Waals surface area contributed by atoms with Crippen molar-refractivity contribution >= 4 is 34.0 Å². The lowest BCUT2D eigenvalue weighted by molar-refractivity contribution is -0.892. The van der Waals surface area contributed by atoms with E-state index < -0.39 is 0 Å². The average Bonchev–Trinajstić information content (AvgIpc) is 3.07. The number of benzene rings is 1. The summed E-state index contributed by atoms with van der Waals surface area (Å²) < 4.78 is 5.30. The van der Waals surface area contributed by atoms with Crippen LogP contribution < -0.4 is 19.9 Å². The molecule has 1 aliphatic rings. The maximum absolute atomic E-state index is 12.4. The Hall–Kier alpha value is -2.65. The molecule has 0 saturated carbocycles. The molecule has 0 radical (unpaired) electrons. The molecule has 9 heteroatoms. The number of nitrogens with one attached hydrogen (secondary N) is 2. The number of aryl methyl sites for hydroxylation is 1. The molecule has 2 amide bonds. The van der Waals surface area contributed by atoms with Gasteiger partial charge in [-0.1, -0.05) is 17.4 Å². The van der Waals surface area contributed by atoms with Crippen LogP contribution in [0.2, 0.25) is 0 Å². The zero-order chi connectivity index (χ0) is 21.0. The first-order valence-electron chi connectivity index (χ1n) is 9.59. The fourth-order valence-corrected chi connectivity index (χ4v) is 4.31. The molecule has 1 saturated heterocycles. The molecule has 1 aromatic carbocycles. The highest BCUT2D eigenvalue weighted by Gasteiger charge is 2.24. The molecule has 1 fully saturated rings. The predicted octanol–water partition coefficient (Wildman–Crippen LogP) is 0.506. The SMILES string of the molecule is COc1cccc(N2CC[NH+](CC(=O)Nc3nc(C)c(C(=O)N(C)C)s3)CC2)c1. The molecule has 2 aromatic rings. The van der Waals surface area contributed by atoms with Crippen molar-refractivity contribution in [3.63, 3.8) is 0 Å². The van der Waals surface area contributed by atoms with E-state index in [1.165, 1.54) is 21.1 Å². The molecule has 8 nitrogen and oxygen atoms in total. The summed E-state index contributed by atoms with van der Waals surface area (Å²) in [6.07, 6.45) is 0. The lowest BCUT2D eigenvalue weighted by atomic mass is 10.2. The van der Waals surface area contributed by atoms with E-state index in [4.69, 9.17) is 4.74 Å². The number of methoxy groups -OCH3 is 1. The van der Waals surface area contributed by atoms with Gasteiger partial charge < -0.3 is 19.4 Å². The number of thiazole rings is 1. The van der Waals surface area contributed by atoms with E-state index in [1.54, 1.807) is 28.1 Å². The molecule has 2 N–H and O–H groups in total. The first-order valence-corrected chi connectivity index (χ1v) is 10.4. The lowest BCUT2D eigenvalue weighted by Gasteiger charge is -2.33. The Morgan fingerprint density at radius 2 is 2.03 bits per heavy atom. The van der Waals surface area contributed by atoms with Gasteiger partial charge in [-0.2, -0.15) is 0 Å². The van der Waals surface area contributed by atoms with Gasteiger partial charge in [0, 0.05) is 25.8 Å². The zero-order valence-electron chi connectivity index (χ0n) is 17.3.